The van der Waals surface area contributed by atoms with Gasteiger partial charge >= 0.3 is 6.09 Å². The zero-order valence-corrected chi connectivity index (χ0v) is 15.7. The van der Waals surface area contributed by atoms with Gasteiger partial charge in [-0.15, -0.1) is 0 Å². The zero-order valence-electron chi connectivity index (χ0n) is 15.7. The first-order valence-corrected chi connectivity index (χ1v) is 8.80. The average Bonchev–Trinajstić information content (AvgIpc) is 2.61. The Bertz CT molecular complexity index is 772. The molecule has 2 heterocycles. The maximum atomic E-state index is 12.3. The highest BCUT2D eigenvalue weighted by Crippen LogP contribution is 2.34. The lowest BCUT2D eigenvalue weighted by Gasteiger charge is -2.32. The van der Waals surface area contributed by atoms with Crippen LogP contribution in [0.1, 0.15) is 38.0 Å². The molecule has 1 aromatic heterocycles. The second-order valence-corrected chi connectivity index (χ2v) is 7.47. The molecule has 1 aliphatic heterocycles. The van der Waals surface area contributed by atoms with E-state index < -0.39 is 5.60 Å². The van der Waals surface area contributed by atoms with Gasteiger partial charge in [0.15, 0.2) is 0 Å². The lowest BCUT2D eigenvalue weighted by atomic mass is 9.90. The lowest BCUT2D eigenvalue weighted by molar-refractivity contribution is -0.00157. The summed E-state index contributed by atoms with van der Waals surface area (Å²) < 4.78 is 11.4. The molecule has 1 amide bonds. The normalized spacial score (nSPS) is 16.7. The van der Waals surface area contributed by atoms with E-state index in [4.69, 9.17) is 9.47 Å². The lowest BCUT2D eigenvalue weighted by Crippen LogP contribution is -2.38. The van der Waals surface area contributed by atoms with Crippen LogP contribution in [0.3, 0.4) is 0 Å². The van der Waals surface area contributed by atoms with E-state index in [1.807, 2.05) is 32.9 Å². The molecule has 0 aliphatic carbocycles. The van der Waals surface area contributed by atoms with Crippen molar-refractivity contribution in [2.45, 2.75) is 38.9 Å². The Morgan fingerprint density at radius 1 is 1.31 bits per heavy atom. The molecule has 0 fully saturated rings. The summed E-state index contributed by atoms with van der Waals surface area (Å²) in [5.41, 5.74) is 4.02. The number of ether oxygens (including phenoxy) is 2. The molecule has 2 aromatic rings. The molecular formula is C20H25N3O3. The van der Waals surface area contributed by atoms with Crippen molar-refractivity contribution in [3.63, 3.8) is 0 Å². The first kappa shape index (κ1) is 18.3. The molecular weight excluding hydrogens is 330 g/mol. The van der Waals surface area contributed by atoms with Gasteiger partial charge in [-0.25, -0.2) is 4.79 Å². The van der Waals surface area contributed by atoms with Crippen LogP contribution in [-0.2, 0) is 15.9 Å². The van der Waals surface area contributed by atoms with Crippen LogP contribution in [0, 0.1) is 0 Å². The van der Waals surface area contributed by atoms with E-state index in [9.17, 15) is 4.79 Å². The minimum Gasteiger partial charge on any atom is -0.444 e. The van der Waals surface area contributed by atoms with Gasteiger partial charge in [0.1, 0.15) is 11.7 Å². The number of likely N-dealkylation sites (N-methyl/N-ethyl adjacent to an activating group) is 1. The number of rotatable bonds is 3. The summed E-state index contributed by atoms with van der Waals surface area (Å²) >= 11 is 0. The monoisotopic (exact) mass is 355 g/mol. The number of nitrogens with zero attached hydrogens (tertiary/aromatic N) is 3. The zero-order chi connectivity index (χ0) is 18.7. The summed E-state index contributed by atoms with van der Waals surface area (Å²) in [7, 11) is 1.74. The standard InChI is InChI=1S/C20H25N3O3/c1-20(2,3)26-19(24)23(4)13-18-17-7-5-6-15(16(17)9-11-25-18)14-8-10-21-22-12-14/h5-8,10,12,18H,9,11,13H2,1-4H3/t18-/m0/s1. The molecule has 0 N–H and O–H groups in total. The average molecular weight is 355 g/mol. The van der Waals surface area contributed by atoms with Gasteiger partial charge in [0.05, 0.1) is 25.5 Å². The molecule has 138 valence electrons. The van der Waals surface area contributed by atoms with Crippen LogP contribution in [0.2, 0.25) is 0 Å². The van der Waals surface area contributed by atoms with Crippen molar-refractivity contribution in [3.8, 4) is 11.1 Å². The third-order valence-corrected chi connectivity index (χ3v) is 4.27. The highest BCUT2D eigenvalue weighted by atomic mass is 16.6. The summed E-state index contributed by atoms with van der Waals surface area (Å²) in [6.45, 7) is 6.65. The molecule has 0 saturated carbocycles. The van der Waals surface area contributed by atoms with Crippen LogP contribution in [0.4, 0.5) is 4.79 Å². The van der Waals surface area contributed by atoms with Crippen LogP contribution in [0.5, 0.6) is 0 Å². The van der Waals surface area contributed by atoms with E-state index in [0.717, 1.165) is 23.1 Å². The summed E-state index contributed by atoms with van der Waals surface area (Å²) in [5, 5.41) is 7.84. The number of amides is 1. The summed E-state index contributed by atoms with van der Waals surface area (Å²) in [5.74, 6) is 0. The molecule has 1 atom stereocenters. The molecule has 26 heavy (non-hydrogen) atoms. The molecule has 6 nitrogen and oxygen atoms in total. The fourth-order valence-electron chi connectivity index (χ4n) is 3.11. The minimum absolute atomic E-state index is 0.175. The van der Waals surface area contributed by atoms with E-state index in [1.165, 1.54) is 5.56 Å². The van der Waals surface area contributed by atoms with Crippen LogP contribution >= 0.6 is 0 Å². The van der Waals surface area contributed by atoms with E-state index in [1.54, 1.807) is 24.3 Å². The molecule has 1 aromatic carbocycles. The van der Waals surface area contributed by atoms with Crippen LogP contribution in [-0.4, -0.2) is 47.0 Å². The van der Waals surface area contributed by atoms with Crippen molar-refractivity contribution >= 4 is 6.09 Å². The summed E-state index contributed by atoms with van der Waals surface area (Å²) in [6, 6.07) is 8.14. The van der Waals surface area contributed by atoms with Crippen molar-refractivity contribution < 1.29 is 14.3 Å². The number of hydrogen-bond acceptors (Lipinski definition) is 5. The molecule has 0 spiro atoms. The van der Waals surface area contributed by atoms with Gasteiger partial charge in [0.25, 0.3) is 0 Å². The Morgan fingerprint density at radius 3 is 2.81 bits per heavy atom. The Labute approximate surface area is 154 Å². The second kappa shape index (κ2) is 7.41. The van der Waals surface area contributed by atoms with E-state index in [-0.39, 0.29) is 12.2 Å². The number of benzene rings is 1. The van der Waals surface area contributed by atoms with E-state index in [2.05, 4.69) is 22.3 Å². The van der Waals surface area contributed by atoms with Gasteiger partial charge in [-0.2, -0.15) is 10.2 Å². The summed E-state index contributed by atoms with van der Waals surface area (Å²) in [6.07, 6.45) is 3.78. The molecule has 0 radical (unpaired) electrons. The molecule has 3 rings (SSSR count). The van der Waals surface area contributed by atoms with Crippen molar-refractivity contribution in [2.75, 3.05) is 20.2 Å². The highest BCUT2D eigenvalue weighted by Gasteiger charge is 2.27. The van der Waals surface area contributed by atoms with Gasteiger partial charge in [-0.05, 0) is 49.9 Å². The van der Waals surface area contributed by atoms with E-state index in [0.29, 0.717) is 13.2 Å². The first-order valence-electron chi connectivity index (χ1n) is 8.80. The van der Waals surface area contributed by atoms with E-state index >= 15 is 0 Å². The Kier molecular flexibility index (Phi) is 5.23. The number of fused-ring (bicyclic) bond motifs is 1. The van der Waals surface area contributed by atoms with Crippen molar-refractivity contribution in [2.24, 2.45) is 0 Å². The van der Waals surface area contributed by atoms with Gasteiger partial charge in [0, 0.05) is 12.6 Å². The Morgan fingerprint density at radius 2 is 2.12 bits per heavy atom. The van der Waals surface area contributed by atoms with Crippen LogP contribution < -0.4 is 0 Å². The molecule has 0 unspecified atom stereocenters. The molecule has 6 heteroatoms. The van der Waals surface area contributed by atoms with Crippen LogP contribution in [0.15, 0.2) is 36.7 Å². The smallest absolute Gasteiger partial charge is 0.410 e. The topological polar surface area (TPSA) is 64.5 Å². The molecule has 0 bridgehead atoms. The van der Waals surface area contributed by atoms with Crippen LogP contribution in [0.25, 0.3) is 11.1 Å². The quantitative estimate of drug-likeness (QED) is 0.841. The predicted molar refractivity (Wildman–Crippen MR) is 98.7 cm³/mol. The first-order chi connectivity index (χ1) is 12.3. The van der Waals surface area contributed by atoms with Gasteiger partial charge in [-0.3, -0.25) is 0 Å². The minimum atomic E-state index is -0.516. The van der Waals surface area contributed by atoms with Gasteiger partial charge < -0.3 is 14.4 Å². The number of aromatic nitrogens is 2. The maximum Gasteiger partial charge on any atom is 0.410 e. The van der Waals surface area contributed by atoms with Crippen molar-refractivity contribution in [1.82, 2.24) is 15.1 Å². The fourth-order valence-corrected chi connectivity index (χ4v) is 3.11. The molecule has 1 aliphatic rings. The summed E-state index contributed by atoms with van der Waals surface area (Å²) in [4.78, 5) is 13.8. The molecule has 0 saturated heterocycles. The SMILES string of the molecule is CN(C[C@@H]1OCCc2c(-c3ccnnc3)cccc21)C(=O)OC(C)(C)C. The maximum absolute atomic E-state index is 12.3. The predicted octanol–water partition coefficient (Wildman–Crippen LogP) is 3.62. The second-order valence-electron chi connectivity index (χ2n) is 7.47. The Balaban J connectivity index is 1.83. The number of hydrogen-bond donors (Lipinski definition) is 0. The van der Waals surface area contributed by atoms with Crippen molar-refractivity contribution in [3.05, 3.63) is 47.8 Å². The number of carbonyl (C=O) groups excluding carboxylic acids is 1. The Hall–Kier alpha value is -2.47. The van der Waals surface area contributed by atoms with Gasteiger partial charge in [-0.1, -0.05) is 18.2 Å². The fraction of sp³-hybridized carbons (Fsp3) is 0.450. The number of carbonyl (C=O) groups is 1. The highest BCUT2D eigenvalue weighted by molar-refractivity contribution is 5.69. The largest absolute Gasteiger partial charge is 0.444 e. The third kappa shape index (κ3) is 4.19. The van der Waals surface area contributed by atoms with Crippen molar-refractivity contribution in [1.29, 1.82) is 0 Å². The van der Waals surface area contributed by atoms with Gasteiger partial charge in [0.2, 0.25) is 0 Å². The third-order valence-electron chi connectivity index (χ3n) is 4.27.